The highest BCUT2D eigenvalue weighted by Crippen LogP contribution is 2.37. The van der Waals surface area contributed by atoms with Crippen LogP contribution in [0.1, 0.15) is 46.0 Å². The minimum atomic E-state index is -4.13. The van der Waals surface area contributed by atoms with E-state index in [2.05, 4.69) is 5.32 Å². The minimum absolute atomic E-state index is 0.0334. The molecule has 3 atom stereocenters. The zero-order valence-electron chi connectivity index (χ0n) is 10.3. The van der Waals surface area contributed by atoms with E-state index in [-0.39, 0.29) is 30.7 Å². The van der Waals surface area contributed by atoms with E-state index in [1.54, 1.807) is 6.92 Å². The first kappa shape index (κ1) is 14.3. The van der Waals surface area contributed by atoms with Gasteiger partial charge in [-0.3, -0.25) is 4.79 Å². The second-order valence-corrected chi connectivity index (χ2v) is 4.92. The summed E-state index contributed by atoms with van der Waals surface area (Å²) in [6.07, 6.45) is -1.99. The summed E-state index contributed by atoms with van der Waals surface area (Å²) in [6.45, 7) is 3.68. The lowest BCUT2D eigenvalue weighted by Gasteiger charge is -2.31. The molecule has 1 N–H and O–H groups in total. The van der Waals surface area contributed by atoms with E-state index in [1.165, 1.54) is 0 Å². The van der Waals surface area contributed by atoms with Crippen LogP contribution in [0, 0.1) is 11.8 Å². The maximum absolute atomic E-state index is 12.6. The molecule has 0 bridgehead atoms. The van der Waals surface area contributed by atoms with Crippen molar-refractivity contribution >= 4 is 5.91 Å². The number of amides is 1. The van der Waals surface area contributed by atoms with E-state index in [9.17, 15) is 18.0 Å². The van der Waals surface area contributed by atoms with Gasteiger partial charge >= 0.3 is 6.18 Å². The van der Waals surface area contributed by atoms with Gasteiger partial charge in [0.15, 0.2) is 0 Å². The maximum Gasteiger partial charge on any atom is 0.391 e. The van der Waals surface area contributed by atoms with Crippen LogP contribution in [0.5, 0.6) is 0 Å². The van der Waals surface area contributed by atoms with Gasteiger partial charge in [-0.15, -0.1) is 0 Å². The largest absolute Gasteiger partial charge is 0.391 e. The van der Waals surface area contributed by atoms with Crippen LogP contribution in [0.2, 0.25) is 0 Å². The molecule has 1 saturated carbocycles. The summed E-state index contributed by atoms with van der Waals surface area (Å²) in [6, 6.07) is -0.308. The molecule has 17 heavy (non-hydrogen) atoms. The van der Waals surface area contributed by atoms with Crippen LogP contribution in [0.15, 0.2) is 0 Å². The van der Waals surface area contributed by atoms with Gasteiger partial charge in [-0.2, -0.15) is 13.2 Å². The van der Waals surface area contributed by atoms with Gasteiger partial charge in [0.25, 0.3) is 0 Å². The quantitative estimate of drug-likeness (QED) is 0.819. The van der Waals surface area contributed by atoms with Crippen LogP contribution in [0.4, 0.5) is 13.2 Å². The van der Waals surface area contributed by atoms with Crippen LogP contribution in [-0.2, 0) is 4.79 Å². The summed E-state index contributed by atoms with van der Waals surface area (Å²) in [5.74, 6) is -1.50. The van der Waals surface area contributed by atoms with E-state index >= 15 is 0 Å². The lowest BCUT2D eigenvalue weighted by molar-refractivity contribution is -0.184. The average Bonchev–Trinajstić information content (AvgIpc) is 2.27. The summed E-state index contributed by atoms with van der Waals surface area (Å²) < 4.78 is 37.7. The van der Waals surface area contributed by atoms with Crippen molar-refractivity contribution < 1.29 is 18.0 Å². The van der Waals surface area contributed by atoms with Crippen LogP contribution >= 0.6 is 0 Å². The molecule has 0 aromatic rings. The molecule has 1 rings (SSSR count). The number of hydrogen-bond donors (Lipinski definition) is 1. The van der Waals surface area contributed by atoms with Crippen molar-refractivity contribution in [2.24, 2.45) is 11.8 Å². The molecule has 5 heteroatoms. The Morgan fingerprint density at radius 3 is 2.59 bits per heavy atom. The lowest BCUT2D eigenvalue weighted by atomic mass is 9.85. The fourth-order valence-corrected chi connectivity index (χ4v) is 2.15. The standard InChI is InChI=1S/C12H20F3NO/c1-3-8(2)11(17)16-10-6-4-5-9(7-10)12(13,14)15/h8-10H,3-7H2,1-2H3,(H,16,17)/t8-,9+,10+/m0/s1. The van der Waals surface area contributed by atoms with Crippen molar-refractivity contribution in [3.05, 3.63) is 0 Å². The zero-order chi connectivity index (χ0) is 13.1. The fraction of sp³-hybridized carbons (Fsp3) is 0.917. The van der Waals surface area contributed by atoms with Gasteiger partial charge in [0.1, 0.15) is 0 Å². The number of rotatable bonds is 3. The molecule has 1 aliphatic carbocycles. The predicted octanol–water partition coefficient (Wildman–Crippen LogP) is 3.27. The third-order valence-corrected chi connectivity index (χ3v) is 3.54. The van der Waals surface area contributed by atoms with Gasteiger partial charge in [0.2, 0.25) is 5.91 Å². The first-order valence-electron chi connectivity index (χ1n) is 6.21. The Bertz CT molecular complexity index is 265. The van der Waals surface area contributed by atoms with Crippen molar-refractivity contribution in [1.82, 2.24) is 5.32 Å². The molecule has 1 fully saturated rings. The molecule has 0 radical (unpaired) electrons. The summed E-state index contributed by atoms with van der Waals surface area (Å²) in [5.41, 5.74) is 0. The second-order valence-electron chi connectivity index (χ2n) is 4.92. The van der Waals surface area contributed by atoms with Crippen molar-refractivity contribution in [2.75, 3.05) is 0 Å². The Morgan fingerprint density at radius 2 is 2.06 bits per heavy atom. The monoisotopic (exact) mass is 251 g/mol. The summed E-state index contributed by atoms with van der Waals surface area (Å²) in [4.78, 5) is 11.6. The van der Waals surface area contributed by atoms with E-state index in [1.807, 2.05) is 6.92 Å². The molecule has 2 nitrogen and oxygen atoms in total. The number of hydrogen-bond acceptors (Lipinski definition) is 1. The van der Waals surface area contributed by atoms with Crippen LogP contribution in [0.25, 0.3) is 0 Å². The molecule has 1 aliphatic rings. The molecule has 0 heterocycles. The number of alkyl halides is 3. The molecule has 0 aliphatic heterocycles. The number of carbonyl (C=O) groups is 1. The summed E-state index contributed by atoms with van der Waals surface area (Å²) in [7, 11) is 0. The van der Waals surface area contributed by atoms with Crippen LogP contribution in [-0.4, -0.2) is 18.1 Å². The zero-order valence-corrected chi connectivity index (χ0v) is 10.3. The first-order chi connectivity index (χ1) is 7.84. The van der Waals surface area contributed by atoms with E-state index in [0.29, 0.717) is 19.3 Å². The maximum atomic E-state index is 12.6. The lowest BCUT2D eigenvalue weighted by Crippen LogP contribution is -2.43. The molecule has 0 aromatic heterocycles. The van der Waals surface area contributed by atoms with Gasteiger partial charge in [0, 0.05) is 12.0 Å². The van der Waals surface area contributed by atoms with E-state index in [4.69, 9.17) is 0 Å². The minimum Gasteiger partial charge on any atom is -0.353 e. The van der Waals surface area contributed by atoms with E-state index < -0.39 is 12.1 Å². The van der Waals surface area contributed by atoms with Gasteiger partial charge in [-0.1, -0.05) is 20.3 Å². The summed E-state index contributed by atoms with van der Waals surface area (Å²) in [5, 5.41) is 2.73. The van der Waals surface area contributed by atoms with Crippen LogP contribution < -0.4 is 5.32 Å². The number of halogens is 3. The van der Waals surface area contributed by atoms with Crippen molar-refractivity contribution in [1.29, 1.82) is 0 Å². The second kappa shape index (κ2) is 5.74. The normalized spacial score (nSPS) is 27.6. The highest BCUT2D eigenvalue weighted by atomic mass is 19.4. The molecule has 0 aromatic carbocycles. The highest BCUT2D eigenvalue weighted by Gasteiger charge is 2.42. The number of carbonyl (C=O) groups excluding carboxylic acids is 1. The van der Waals surface area contributed by atoms with Gasteiger partial charge in [0.05, 0.1) is 5.92 Å². The average molecular weight is 251 g/mol. The third-order valence-electron chi connectivity index (χ3n) is 3.54. The Kier molecular flexibility index (Phi) is 4.83. The highest BCUT2D eigenvalue weighted by molar-refractivity contribution is 5.78. The molecule has 100 valence electrons. The third kappa shape index (κ3) is 4.21. The van der Waals surface area contributed by atoms with Crippen molar-refractivity contribution in [2.45, 2.75) is 58.2 Å². The molecule has 0 unspecified atom stereocenters. The predicted molar refractivity (Wildman–Crippen MR) is 59.4 cm³/mol. The smallest absolute Gasteiger partial charge is 0.353 e. The Labute approximate surface area is 100.0 Å². The topological polar surface area (TPSA) is 29.1 Å². The summed E-state index contributed by atoms with van der Waals surface area (Å²) >= 11 is 0. The molecular formula is C12H20F3NO. The molecule has 0 spiro atoms. The van der Waals surface area contributed by atoms with Crippen LogP contribution in [0.3, 0.4) is 0 Å². The van der Waals surface area contributed by atoms with Gasteiger partial charge < -0.3 is 5.32 Å². The molecular weight excluding hydrogens is 231 g/mol. The Morgan fingerprint density at radius 1 is 1.41 bits per heavy atom. The van der Waals surface area contributed by atoms with Gasteiger partial charge in [-0.25, -0.2) is 0 Å². The van der Waals surface area contributed by atoms with Crippen molar-refractivity contribution in [3.63, 3.8) is 0 Å². The first-order valence-corrected chi connectivity index (χ1v) is 6.21. The Hall–Kier alpha value is -0.740. The number of nitrogens with one attached hydrogen (secondary N) is 1. The van der Waals surface area contributed by atoms with Gasteiger partial charge in [-0.05, 0) is 25.7 Å². The molecule has 0 saturated heterocycles. The van der Waals surface area contributed by atoms with E-state index in [0.717, 1.165) is 0 Å². The SMILES string of the molecule is CC[C@H](C)C(=O)N[C@@H]1CCC[C@@H](C(F)(F)F)C1. The fourth-order valence-electron chi connectivity index (χ4n) is 2.15. The Balaban J connectivity index is 2.48. The van der Waals surface area contributed by atoms with Crippen molar-refractivity contribution in [3.8, 4) is 0 Å². The molecule has 1 amide bonds.